The maximum Gasteiger partial charge on any atom is 0.0607 e. The van der Waals surface area contributed by atoms with Crippen molar-refractivity contribution in [3.05, 3.63) is 34.9 Å². The van der Waals surface area contributed by atoms with Crippen LogP contribution in [0.1, 0.15) is 26.3 Å². The topological polar surface area (TPSA) is 32.3 Å². The van der Waals surface area contributed by atoms with E-state index in [1.807, 2.05) is 38.1 Å². The van der Waals surface area contributed by atoms with Crippen LogP contribution in [0.4, 0.5) is 0 Å². The first-order valence-electron chi connectivity index (χ1n) is 5.56. The lowest BCUT2D eigenvalue weighted by Gasteiger charge is -2.28. The zero-order valence-corrected chi connectivity index (χ0v) is 10.9. The van der Waals surface area contributed by atoms with E-state index in [-0.39, 0.29) is 12.1 Å². The van der Waals surface area contributed by atoms with E-state index in [0.717, 1.165) is 11.4 Å². The average Bonchev–Trinajstić information content (AvgIpc) is 2.21. The first kappa shape index (κ1) is 13.5. The van der Waals surface area contributed by atoms with Gasteiger partial charge in [0.15, 0.2) is 0 Å². The fourth-order valence-electron chi connectivity index (χ4n) is 1.74. The Hall–Kier alpha value is -0.570. The van der Waals surface area contributed by atoms with Crippen molar-refractivity contribution >= 4 is 11.6 Å². The van der Waals surface area contributed by atoms with E-state index in [2.05, 4.69) is 12.2 Å². The molecule has 0 aliphatic rings. The van der Waals surface area contributed by atoms with E-state index < -0.39 is 0 Å². The summed E-state index contributed by atoms with van der Waals surface area (Å²) in [6.07, 6.45) is 0.931. The first-order chi connectivity index (χ1) is 7.43. The van der Waals surface area contributed by atoms with Gasteiger partial charge in [-0.25, -0.2) is 0 Å². The second-order valence-electron chi connectivity index (χ2n) is 4.92. The van der Waals surface area contributed by atoms with Crippen molar-refractivity contribution in [3.63, 3.8) is 0 Å². The minimum absolute atomic E-state index is 0.137. The van der Waals surface area contributed by atoms with Crippen LogP contribution in [0.25, 0.3) is 0 Å². The highest BCUT2D eigenvalue weighted by molar-refractivity contribution is 6.30. The van der Waals surface area contributed by atoms with Crippen molar-refractivity contribution in [1.29, 1.82) is 0 Å². The maximum atomic E-state index is 9.17. The minimum atomic E-state index is -0.230. The van der Waals surface area contributed by atoms with Gasteiger partial charge >= 0.3 is 0 Å². The summed E-state index contributed by atoms with van der Waals surface area (Å²) in [6, 6.07) is 8.20. The van der Waals surface area contributed by atoms with Gasteiger partial charge in [-0.3, -0.25) is 0 Å². The largest absolute Gasteiger partial charge is 0.394 e. The third-order valence-electron chi connectivity index (χ3n) is 2.49. The van der Waals surface area contributed by atoms with E-state index in [1.54, 1.807) is 0 Å². The molecular formula is C13H20ClNO. The molecule has 0 bridgehead atoms. The maximum absolute atomic E-state index is 9.17. The molecular weight excluding hydrogens is 222 g/mol. The van der Waals surface area contributed by atoms with E-state index >= 15 is 0 Å². The minimum Gasteiger partial charge on any atom is -0.394 e. The molecule has 0 radical (unpaired) electrons. The van der Waals surface area contributed by atoms with Gasteiger partial charge in [0.1, 0.15) is 0 Å². The molecule has 1 unspecified atom stereocenters. The number of nitrogens with one attached hydrogen (secondary N) is 1. The summed E-state index contributed by atoms with van der Waals surface area (Å²) in [5.41, 5.74) is 1.02. The van der Waals surface area contributed by atoms with Crippen LogP contribution in [0.5, 0.6) is 0 Å². The Bertz CT molecular complexity index is 321. The Morgan fingerprint density at radius 2 is 1.88 bits per heavy atom. The summed E-state index contributed by atoms with van der Waals surface area (Å²) in [5.74, 6) is 0. The van der Waals surface area contributed by atoms with Crippen LogP contribution in [0.2, 0.25) is 5.02 Å². The molecule has 0 aliphatic heterocycles. The molecule has 0 aliphatic carbocycles. The molecule has 90 valence electrons. The van der Waals surface area contributed by atoms with Crippen molar-refractivity contribution in [1.82, 2.24) is 5.32 Å². The van der Waals surface area contributed by atoms with Gasteiger partial charge in [-0.2, -0.15) is 0 Å². The summed E-state index contributed by atoms with van der Waals surface area (Å²) in [4.78, 5) is 0. The molecule has 0 aromatic heterocycles. The fraction of sp³-hybridized carbons (Fsp3) is 0.538. The number of aliphatic hydroxyl groups is 1. The second kappa shape index (κ2) is 5.67. The lowest BCUT2D eigenvalue weighted by molar-refractivity contribution is 0.177. The number of aliphatic hydroxyl groups excluding tert-OH is 1. The molecule has 1 aromatic rings. The molecule has 0 saturated carbocycles. The quantitative estimate of drug-likeness (QED) is 0.831. The predicted molar refractivity (Wildman–Crippen MR) is 68.9 cm³/mol. The molecule has 2 nitrogen and oxygen atoms in total. The van der Waals surface area contributed by atoms with Crippen molar-refractivity contribution in [2.75, 3.05) is 6.61 Å². The highest BCUT2D eigenvalue weighted by Crippen LogP contribution is 2.12. The lowest BCUT2D eigenvalue weighted by atomic mass is 10.0. The molecule has 0 saturated heterocycles. The van der Waals surface area contributed by atoms with Crippen LogP contribution in [0.3, 0.4) is 0 Å². The summed E-state index contributed by atoms with van der Waals surface area (Å²) in [6.45, 7) is 6.24. The summed E-state index contributed by atoms with van der Waals surface area (Å²) < 4.78 is 0. The smallest absolute Gasteiger partial charge is 0.0607 e. The van der Waals surface area contributed by atoms with Gasteiger partial charge in [0, 0.05) is 16.6 Å². The van der Waals surface area contributed by atoms with Crippen molar-refractivity contribution < 1.29 is 5.11 Å². The highest BCUT2D eigenvalue weighted by atomic mass is 35.5. The molecule has 16 heavy (non-hydrogen) atoms. The first-order valence-corrected chi connectivity index (χ1v) is 5.94. The molecule has 0 heterocycles. The van der Waals surface area contributed by atoms with Crippen molar-refractivity contribution in [2.45, 2.75) is 38.8 Å². The van der Waals surface area contributed by atoms with Gasteiger partial charge in [0.05, 0.1) is 6.61 Å². The second-order valence-corrected chi connectivity index (χ2v) is 5.35. The Kier molecular flexibility index (Phi) is 4.78. The monoisotopic (exact) mass is 241 g/mol. The molecule has 3 heteroatoms. The van der Waals surface area contributed by atoms with Crippen LogP contribution in [-0.4, -0.2) is 23.3 Å². The van der Waals surface area contributed by atoms with Gasteiger partial charge in [-0.05, 0) is 44.9 Å². The fourth-order valence-corrected chi connectivity index (χ4v) is 1.86. The van der Waals surface area contributed by atoms with E-state index in [1.165, 1.54) is 5.56 Å². The van der Waals surface area contributed by atoms with Crippen molar-refractivity contribution in [3.8, 4) is 0 Å². The van der Waals surface area contributed by atoms with Gasteiger partial charge in [-0.1, -0.05) is 23.7 Å². The molecule has 0 amide bonds. The SMILES string of the molecule is CC(Cc1ccc(Cl)cc1)NC(C)(C)CO. The van der Waals surface area contributed by atoms with Gasteiger partial charge < -0.3 is 10.4 Å². The van der Waals surface area contributed by atoms with E-state index in [4.69, 9.17) is 16.7 Å². The summed E-state index contributed by atoms with van der Waals surface area (Å²) in [7, 11) is 0. The molecule has 0 fully saturated rings. The zero-order valence-electron chi connectivity index (χ0n) is 10.1. The summed E-state index contributed by atoms with van der Waals surface area (Å²) >= 11 is 5.83. The van der Waals surface area contributed by atoms with Gasteiger partial charge in [0.25, 0.3) is 0 Å². The Morgan fingerprint density at radius 3 is 2.38 bits per heavy atom. The Balaban J connectivity index is 2.51. The highest BCUT2D eigenvalue weighted by Gasteiger charge is 2.18. The number of rotatable bonds is 5. The Labute approximate surface area is 103 Å². The number of hydrogen-bond acceptors (Lipinski definition) is 2. The van der Waals surface area contributed by atoms with Crippen LogP contribution < -0.4 is 5.32 Å². The van der Waals surface area contributed by atoms with Gasteiger partial charge in [0.2, 0.25) is 0 Å². The normalized spacial score (nSPS) is 13.8. The van der Waals surface area contributed by atoms with Gasteiger partial charge in [-0.15, -0.1) is 0 Å². The third-order valence-corrected chi connectivity index (χ3v) is 2.74. The third kappa shape index (κ3) is 4.52. The van der Waals surface area contributed by atoms with Crippen LogP contribution in [-0.2, 0) is 6.42 Å². The summed E-state index contributed by atoms with van der Waals surface area (Å²) in [5, 5.41) is 13.3. The molecule has 2 N–H and O–H groups in total. The van der Waals surface area contributed by atoms with E-state index in [9.17, 15) is 0 Å². The molecule has 1 aromatic carbocycles. The van der Waals surface area contributed by atoms with Crippen LogP contribution in [0, 0.1) is 0 Å². The van der Waals surface area contributed by atoms with Crippen LogP contribution >= 0.6 is 11.6 Å². The lowest BCUT2D eigenvalue weighted by Crippen LogP contribution is -2.48. The number of hydrogen-bond donors (Lipinski definition) is 2. The van der Waals surface area contributed by atoms with Crippen molar-refractivity contribution in [2.24, 2.45) is 0 Å². The zero-order chi connectivity index (χ0) is 12.2. The molecule has 1 rings (SSSR count). The number of halogens is 1. The Morgan fingerprint density at radius 1 is 1.31 bits per heavy atom. The molecule has 1 atom stereocenters. The van der Waals surface area contributed by atoms with E-state index in [0.29, 0.717) is 6.04 Å². The van der Waals surface area contributed by atoms with Crippen LogP contribution in [0.15, 0.2) is 24.3 Å². The number of benzene rings is 1. The molecule has 0 spiro atoms. The standard InChI is InChI=1S/C13H20ClNO/c1-10(15-13(2,3)9-16)8-11-4-6-12(14)7-5-11/h4-7,10,15-16H,8-9H2,1-3H3. The predicted octanol–water partition coefficient (Wildman–Crippen LogP) is 2.63. The average molecular weight is 242 g/mol.